The van der Waals surface area contributed by atoms with Gasteiger partial charge in [0, 0.05) is 17.4 Å². The van der Waals surface area contributed by atoms with E-state index in [0.717, 1.165) is 5.69 Å². The van der Waals surface area contributed by atoms with E-state index in [1.807, 2.05) is 30.3 Å². The second-order valence-corrected chi connectivity index (χ2v) is 5.19. The van der Waals surface area contributed by atoms with Gasteiger partial charge in [0.05, 0.1) is 5.69 Å². The largest absolute Gasteiger partial charge is 0.573 e. The molecule has 0 radical (unpaired) electrons. The first-order valence-corrected chi connectivity index (χ1v) is 7.32. The predicted octanol–water partition coefficient (Wildman–Crippen LogP) is 4.68. The number of hydrogen-bond acceptors (Lipinski definition) is 3. The molecule has 1 heterocycles. The minimum absolute atomic E-state index is 0.333. The van der Waals surface area contributed by atoms with Crippen LogP contribution in [0.25, 0.3) is 11.1 Å². The van der Waals surface area contributed by atoms with Gasteiger partial charge in [-0.25, -0.2) is 0 Å². The van der Waals surface area contributed by atoms with Crippen molar-refractivity contribution in [2.75, 3.05) is 5.32 Å². The van der Waals surface area contributed by atoms with Gasteiger partial charge in [0.1, 0.15) is 5.75 Å². The van der Waals surface area contributed by atoms with Crippen LogP contribution in [0.4, 0.5) is 24.5 Å². The van der Waals surface area contributed by atoms with Crippen molar-refractivity contribution in [1.82, 2.24) is 4.98 Å². The van der Waals surface area contributed by atoms with E-state index >= 15 is 0 Å². The molecule has 0 unspecified atom stereocenters. The SMILES string of the molecule is O=c1[nH]cc(Nc2ccccc2)cc1-c1ccc(OC(F)(F)F)cc1. The number of benzene rings is 2. The van der Waals surface area contributed by atoms with Gasteiger partial charge in [0.2, 0.25) is 0 Å². The number of ether oxygens (including phenoxy) is 1. The molecule has 0 aliphatic rings. The zero-order valence-corrected chi connectivity index (χ0v) is 12.8. The van der Waals surface area contributed by atoms with E-state index in [1.54, 1.807) is 6.07 Å². The van der Waals surface area contributed by atoms with E-state index in [-0.39, 0.29) is 11.3 Å². The Balaban J connectivity index is 1.86. The van der Waals surface area contributed by atoms with E-state index in [0.29, 0.717) is 16.8 Å². The quantitative estimate of drug-likeness (QED) is 0.721. The number of halogens is 3. The molecule has 0 aliphatic carbocycles. The zero-order chi connectivity index (χ0) is 17.9. The van der Waals surface area contributed by atoms with E-state index < -0.39 is 6.36 Å². The molecule has 7 heteroatoms. The fraction of sp³-hybridized carbons (Fsp3) is 0.0556. The minimum Gasteiger partial charge on any atom is -0.406 e. The Labute approximate surface area is 140 Å². The van der Waals surface area contributed by atoms with Gasteiger partial charge in [-0.1, -0.05) is 30.3 Å². The summed E-state index contributed by atoms with van der Waals surface area (Å²) in [5, 5.41) is 3.14. The van der Waals surface area contributed by atoms with Gasteiger partial charge in [0.15, 0.2) is 0 Å². The normalized spacial score (nSPS) is 11.2. The number of H-pyrrole nitrogens is 1. The van der Waals surface area contributed by atoms with Crippen molar-refractivity contribution in [1.29, 1.82) is 0 Å². The average molecular weight is 346 g/mol. The summed E-state index contributed by atoms with van der Waals surface area (Å²) in [7, 11) is 0. The Hall–Kier alpha value is -3.22. The number of rotatable bonds is 4. The third kappa shape index (κ3) is 4.41. The van der Waals surface area contributed by atoms with Crippen molar-refractivity contribution in [2.24, 2.45) is 0 Å². The monoisotopic (exact) mass is 346 g/mol. The molecule has 2 aromatic carbocycles. The van der Waals surface area contributed by atoms with E-state index in [9.17, 15) is 18.0 Å². The van der Waals surface area contributed by atoms with Gasteiger partial charge in [0.25, 0.3) is 5.56 Å². The van der Waals surface area contributed by atoms with E-state index in [2.05, 4.69) is 15.0 Å². The first kappa shape index (κ1) is 16.6. The number of nitrogens with one attached hydrogen (secondary N) is 2. The Morgan fingerprint density at radius 2 is 1.60 bits per heavy atom. The van der Waals surface area contributed by atoms with Crippen LogP contribution in [0.2, 0.25) is 0 Å². The Morgan fingerprint density at radius 1 is 0.920 bits per heavy atom. The summed E-state index contributed by atoms with van der Waals surface area (Å²) in [4.78, 5) is 14.7. The molecule has 0 spiro atoms. The highest BCUT2D eigenvalue weighted by Crippen LogP contribution is 2.26. The van der Waals surface area contributed by atoms with Crippen LogP contribution >= 0.6 is 0 Å². The number of hydrogen-bond donors (Lipinski definition) is 2. The summed E-state index contributed by atoms with van der Waals surface area (Å²) in [6.45, 7) is 0. The zero-order valence-electron chi connectivity index (χ0n) is 12.8. The molecule has 0 fully saturated rings. The Kier molecular flexibility index (Phi) is 4.47. The number of aromatic nitrogens is 1. The van der Waals surface area contributed by atoms with Gasteiger partial charge >= 0.3 is 6.36 Å². The highest BCUT2D eigenvalue weighted by Gasteiger charge is 2.30. The Bertz CT molecular complexity index is 904. The van der Waals surface area contributed by atoms with Crippen molar-refractivity contribution in [3.63, 3.8) is 0 Å². The third-order valence-corrected chi connectivity index (χ3v) is 3.36. The van der Waals surface area contributed by atoms with Crippen molar-refractivity contribution >= 4 is 11.4 Å². The summed E-state index contributed by atoms with van der Waals surface area (Å²) in [5.41, 5.74) is 1.96. The summed E-state index contributed by atoms with van der Waals surface area (Å²) in [6.07, 6.45) is -3.22. The highest BCUT2D eigenvalue weighted by atomic mass is 19.4. The molecule has 25 heavy (non-hydrogen) atoms. The molecule has 1 aromatic heterocycles. The molecule has 0 aliphatic heterocycles. The maximum absolute atomic E-state index is 12.2. The number of pyridine rings is 1. The highest BCUT2D eigenvalue weighted by molar-refractivity contribution is 5.69. The van der Waals surface area contributed by atoms with Crippen LogP contribution in [0.15, 0.2) is 71.7 Å². The second kappa shape index (κ2) is 6.72. The van der Waals surface area contributed by atoms with Crippen LogP contribution in [0.5, 0.6) is 5.75 Å². The van der Waals surface area contributed by atoms with Crippen LogP contribution in [-0.2, 0) is 0 Å². The summed E-state index contributed by atoms with van der Waals surface area (Å²) < 4.78 is 40.4. The van der Waals surface area contributed by atoms with Crippen molar-refractivity contribution in [3.8, 4) is 16.9 Å². The fourth-order valence-corrected chi connectivity index (χ4v) is 2.29. The lowest BCUT2D eigenvalue weighted by Crippen LogP contribution is -2.17. The van der Waals surface area contributed by atoms with Gasteiger partial charge in [-0.2, -0.15) is 0 Å². The molecule has 0 bridgehead atoms. The lowest BCUT2D eigenvalue weighted by molar-refractivity contribution is -0.274. The first-order valence-electron chi connectivity index (χ1n) is 7.32. The van der Waals surface area contributed by atoms with E-state index in [1.165, 1.54) is 30.5 Å². The summed E-state index contributed by atoms with van der Waals surface area (Å²) in [5.74, 6) is -0.341. The van der Waals surface area contributed by atoms with E-state index in [4.69, 9.17) is 0 Å². The number of para-hydroxylation sites is 1. The molecule has 0 atom stereocenters. The number of aromatic amines is 1. The van der Waals surface area contributed by atoms with Crippen LogP contribution in [0.1, 0.15) is 0 Å². The van der Waals surface area contributed by atoms with Crippen LogP contribution in [-0.4, -0.2) is 11.3 Å². The minimum atomic E-state index is -4.75. The van der Waals surface area contributed by atoms with Crippen LogP contribution in [0.3, 0.4) is 0 Å². The topological polar surface area (TPSA) is 54.1 Å². The van der Waals surface area contributed by atoms with Gasteiger partial charge in [-0.05, 0) is 35.9 Å². The van der Waals surface area contributed by atoms with Crippen molar-refractivity contribution in [3.05, 3.63) is 77.2 Å². The number of alkyl halides is 3. The number of anilines is 2. The molecular formula is C18H13F3N2O2. The molecule has 2 N–H and O–H groups in total. The lowest BCUT2D eigenvalue weighted by atomic mass is 10.1. The molecule has 3 aromatic rings. The lowest BCUT2D eigenvalue weighted by Gasteiger charge is -2.10. The molecular weight excluding hydrogens is 333 g/mol. The fourth-order valence-electron chi connectivity index (χ4n) is 2.29. The first-order chi connectivity index (χ1) is 11.9. The van der Waals surface area contributed by atoms with Crippen LogP contribution in [0, 0.1) is 0 Å². The molecule has 0 amide bonds. The maximum atomic E-state index is 12.2. The van der Waals surface area contributed by atoms with Gasteiger partial charge in [-0.3, -0.25) is 4.79 Å². The average Bonchev–Trinajstić information content (AvgIpc) is 2.57. The van der Waals surface area contributed by atoms with Crippen molar-refractivity contribution < 1.29 is 17.9 Å². The standard InChI is InChI=1S/C18H13F3N2O2/c19-18(20,21)25-15-8-6-12(7-9-15)16-10-14(11-22-17(16)24)23-13-4-2-1-3-5-13/h1-11,23H,(H,22,24). The molecule has 0 saturated carbocycles. The van der Waals surface area contributed by atoms with Gasteiger partial charge in [-0.15, -0.1) is 13.2 Å². The van der Waals surface area contributed by atoms with Gasteiger partial charge < -0.3 is 15.0 Å². The van der Waals surface area contributed by atoms with Crippen LogP contribution < -0.4 is 15.6 Å². The second-order valence-electron chi connectivity index (χ2n) is 5.19. The molecule has 4 nitrogen and oxygen atoms in total. The smallest absolute Gasteiger partial charge is 0.406 e. The molecule has 128 valence electrons. The summed E-state index contributed by atoms with van der Waals surface area (Å²) >= 11 is 0. The van der Waals surface area contributed by atoms with Crippen molar-refractivity contribution in [2.45, 2.75) is 6.36 Å². The maximum Gasteiger partial charge on any atom is 0.573 e. The third-order valence-electron chi connectivity index (χ3n) is 3.36. The molecule has 0 saturated heterocycles. The summed E-state index contributed by atoms with van der Waals surface area (Å²) in [6, 6.07) is 16.1. The molecule has 3 rings (SSSR count). The predicted molar refractivity (Wildman–Crippen MR) is 88.9 cm³/mol. The Morgan fingerprint density at radius 3 is 2.24 bits per heavy atom.